The van der Waals surface area contributed by atoms with Gasteiger partial charge in [-0.25, -0.2) is 4.98 Å². The van der Waals surface area contributed by atoms with Gasteiger partial charge in [-0.3, -0.25) is 4.99 Å². The van der Waals surface area contributed by atoms with Crippen LogP contribution in [0, 0.1) is 12.3 Å². The number of benzene rings is 1. The Hall–Kier alpha value is -1.15. The molecule has 25 heavy (non-hydrogen) atoms. The van der Waals surface area contributed by atoms with Gasteiger partial charge in [-0.2, -0.15) is 0 Å². The van der Waals surface area contributed by atoms with Crippen molar-refractivity contribution in [2.45, 2.75) is 33.6 Å². The molecule has 0 spiro atoms. The first-order chi connectivity index (χ1) is 11.5. The van der Waals surface area contributed by atoms with Crippen LogP contribution in [0.2, 0.25) is 0 Å². The molecule has 0 saturated carbocycles. The number of guanidine groups is 1. The molecule has 2 N–H and O–H groups in total. The van der Waals surface area contributed by atoms with Crippen LogP contribution < -0.4 is 10.6 Å². The van der Waals surface area contributed by atoms with E-state index in [4.69, 9.17) is 0 Å². The second-order valence-corrected chi connectivity index (χ2v) is 7.85. The van der Waals surface area contributed by atoms with Gasteiger partial charge < -0.3 is 10.6 Å². The molecule has 0 amide bonds. The smallest absolute Gasteiger partial charge is 0.191 e. The lowest BCUT2D eigenvalue weighted by Crippen LogP contribution is -2.43. The fourth-order valence-corrected chi connectivity index (χ4v) is 3.23. The Balaban J connectivity index is 0.00000312. The predicted molar refractivity (Wildman–Crippen MR) is 119 cm³/mol. The Morgan fingerprint density at radius 2 is 1.92 bits per heavy atom. The van der Waals surface area contributed by atoms with Crippen LogP contribution in [0.3, 0.4) is 0 Å². The molecule has 1 heterocycles. The summed E-state index contributed by atoms with van der Waals surface area (Å²) in [5.74, 6) is 0.850. The van der Waals surface area contributed by atoms with Crippen LogP contribution in [0.25, 0.3) is 0 Å². The summed E-state index contributed by atoms with van der Waals surface area (Å²) in [4.78, 5) is 8.79. The number of nitrogens with one attached hydrogen (secondary N) is 2. The second kappa shape index (κ2) is 10.8. The van der Waals surface area contributed by atoms with E-state index in [1.807, 2.05) is 14.0 Å². The van der Waals surface area contributed by atoms with E-state index in [1.54, 1.807) is 11.3 Å². The summed E-state index contributed by atoms with van der Waals surface area (Å²) >= 11 is 1.70. The van der Waals surface area contributed by atoms with Crippen molar-refractivity contribution in [3.8, 4) is 0 Å². The van der Waals surface area contributed by atoms with Crippen molar-refractivity contribution in [1.29, 1.82) is 0 Å². The van der Waals surface area contributed by atoms with Gasteiger partial charge in [0.2, 0.25) is 0 Å². The molecule has 1 aromatic heterocycles. The Morgan fingerprint density at radius 3 is 2.52 bits per heavy atom. The highest BCUT2D eigenvalue weighted by Crippen LogP contribution is 2.20. The first-order valence-corrected chi connectivity index (χ1v) is 9.26. The zero-order valence-corrected chi connectivity index (χ0v) is 18.7. The molecule has 6 heteroatoms. The van der Waals surface area contributed by atoms with Crippen LogP contribution in [0.15, 0.2) is 40.7 Å². The van der Waals surface area contributed by atoms with E-state index in [2.05, 4.69) is 70.2 Å². The quantitative estimate of drug-likeness (QED) is 0.363. The lowest BCUT2D eigenvalue weighted by molar-refractivity contribution is 0.359. The van der Waals surface area contributed by atoms with Gasteiger partial charge in [-0.15, -0.1) is 35.3 Å². The minimum absolute atomic E-state index is 0. The van der Waals surface area contributed by atoms with Crippen molar-refractivity contribution in [1.82, 2.24) is 15.6 Å². The molecule has 0 aliphatic heterocycles. The van der Waals surface area contributed by atoms with E-state index in [0.29, 0.717) is 0 Å². The lowest BCUT2D eigenvalue weighted by Gasteiger charge is -2.26. The van der Waals surface area contributed by atoms with E-state index in [1.165, 1.54) is 5.56 Å². The van der Waals surface area contributed by atoms with Gasteiger partial charge in [0.05, 0.1) is 10.7 Å². The lowest BCUT2D eigenvalue weighted by atomic mass is 9.86. The number of aromatic nitrogens is 1. The number of thiazole rings is 1. The molecule has 1 aromatic carbocycles. The minimum atomic E-state index is 0. The SMILES string of the molecule is CN=C(NCCc1csc(C)n1)NCC(C)(C)Cc1ccccc1.I. The molecular formula is C19H29IN4S. The van der Waals surface area contributed by atoms with Gasteiger partial charge in [0, 0.05) is 31.9 Å². The predicted octanol–water partition coefficient (Wildman–Crippen LogP) is 4.05. The van der Waals surface area contributed by atoms with E-state index in [0.717, 1.165) is 42.6 Å². The molecule has 2 rings (SSSR count). The van der Waals surface area contributed by atoms with E-state index < -0.39 is 0 Å². The third-order valence-corrected chi connectivity index (χ3v) is 4.65. The maximum absolute atomic E-state index is 4.48. The summed E-state index contributed by atoms with van der Waals surface area (Å²) in [7, 11) is 1.81. The summed E-state index contributed by atoms with van der Waals surface area (Å²) in [5.41, 5.74) is 2.67. The number of halogens is 1. The van der Waals surface area contributed by atoms with E-state index >= 15 is 0 Å². The molecule has 138 valence electrons. The maximum atomic E-state index is 4.48. The molecule has 0 bridgehead atoms. The average Bonchev–Trinajstić information content (AvgIpc) is 2.96. The molecule has 0 atom stereocenters. The number of rotatable bonds is 7. The van der Waals surface area contributed by atoms with Gasteiger partial charge in [0.15, 0.2) is 5.96 Å². The zero-order valence-electron chi connectivity index (χ0n) is 15.5. The third kappa shape index (κ3) is 8.18. The molecule has 0 unspecified atom stereocenters. The van der Waals surface area contributed by atoms with Crippen LogP contribution in [0.1, 0.15) is 30.1 Å². The molecule has 4 nitrogen and oxygen atoms in total. The third-order valence-electron chi connectivity index (χ3n) is 3.82. The summed E-state index contributed by atoms with van der Waals surface area (Å²) in [5, 5.41) is 10.1. The average molecular weight is 472 g/mol. The minimum Gasteiger partial charge on any atom is -0.356 e. The molecule has 0 radical (unpaired) electrons. The van der Waals surface area contributed by atoms with Crippen LogP contribution in [-0.4, -0.2) is 31.1 Å². The Morgan fingerprint density at radius 1 is 1.20 bits per heavy atom. The van der Waals surface area contributed by atoms with Crippen molar-refractivity contribution >= 4 is 41.3 Å². The monoisotopic (exact) mass is 472 g/mol. The zero-order chi connectivity index (χ0) is 17.4. The fraction of sp³-hybridized carbons (Fsp3) is 0.474. The summed E-state index contributed by atoms with van der Waals surface area (Å²) in [6.07, 6.45) is 1.95. The van der Waals surface area contributed by atoms with E-state index in [9.17, 15) is 0 Å². The van der Waals surface area contributed by atoms with Gasteiger partial charge in [-0.1, -0.05) is 44.2 Å². The van der Waals surface area contributed by atoms with Crippen molar-refractivity contribution in [2.75, 3.05) is 20.1 Å². The number of nitrogens with zero attached hydrogens (tertiary/aromatic N) is 2. The largest absolute Gasteiger partial charge is 0.356 e. The Kier molecular flexibility index (Phi) is 9.42. The molecule has 0 fully saturated rings. The first kappa shape index (κ1) is 21.9. The molecule has 0 saturated heterocycles. The maximum Gasteiger partial charge on any atom is 0.191 e. The van der Waals surface area contributed by atoms with E-state index in [-0.39, 0.29) is 29.4 Å². The van der Waals surface area contributed by atoms with Crippen molar-refractivity contribution in [2.24, 2.45) is 10.4 Å². The molecular weight excluding hydrogens is 443 g/mol. The molecule has 2 aromatic rings. The van der Waals surface area contributed by atoms with Gasteiger partial charge in [0.25, 0.3) is 0 Å². The number of hydrogen-bond donors (Lipinski definition) is 2. The van der Waals surface area contributed by atoms with Crippen LogP contribution >= 0.6 is 35.3 Å². The second-order valence-electron chi connectivity index (χ2n) is 6.79. The standard InChI is InChI=1S/C19H28N4S.HI/c1-15-23-17(13-24-15)10-11-21-18(20-4)22-14-19(2,3)12-16-8-6-5-7-9-16;/h5-9,13H,10-12,14H2,1-4H3,(H2,20,21,22);1H. The van der Waals surface area contributed by atoms with Gasteiger partial charge in [0.1, 0.15) is 0 Å². The highest BCUT2D eigenvalue weighted by atomic mass is 127. The Bertz CT molecular complexity index is 652. The highest BCUT2D eigenvalue weighted by molar-refractivity contribution is 14.0. The molecule has 0 aliphatic carbocycles. The van der Waals surface area contributed by atoms with Crippen molar-refractivity contribution in [3.63, 3.8) is 0 Å². The fourth-order valence-electron chi connectivity index (χ4n) is 2.59. The highest BCUT2D eigenvalue weighted by Gasteiger charge is 2.18. The summed E-state index contributed by atoms with van der Waals surface area (Å²) < 4.78 is 0. The van der Waals surface area contributed by atoms with Crippen LogP contribution in [0.5, 0.6) is 0 Å². The van der Waals surface area contributed by atoms with Crippen molar-refractivity contribution < 1.29 is 0 Å². The van der Waals surface area contributed by atoms with Gasteiger partial charge >= 0.3 is 0 Å². The summed E-state index contributed by atoms with van der Waals surface area (Å²) in [6, 6.07) is 10.6. The van der Waals surface area contributed by atoms with Crippen molar-refractivity contribution in [3.05, 3.63) is 52.0 Å². The summed E-state index contributed by atoms with van der Waals surface area (Å²) in [6.45, 7) is 8.30. The normalized spacial score (nSPS) is 11.8. The number of hydrogen-bond acceptors (Lipinski definition) is 3. The first-order valence-electron chi connectivity index (χ1n) is 8.38. The van der Waals surface area contributed by atoms with Crippen LogP contribution in [-0.2, 0) is 12.8 Å². The Labute approximate surface area is 172 Å². The molecule has 0 aliphatic rings. The topological polar surface area (TPSA) is 49.3 Å². The number of aryl methyl sites for hydroxylation is 1. The van der Waals surface area contributed by atoms with Gasteiger partial charge in [-0.05, 0) is 24.3 Å². The number of aliphatic imine (C=N–C) groups is 1. The van der Waals surface area contributed by atoms with Crippen LogP contribution in [0.4, 0.5) is 0 Å².